The Morgan fingerprint density at radius 1 is 1.00 bits per heavy atom. The minimum atomic E-state index is -1.26. The topological polar surface area (TPSA) is 112 Å². The average Bonchev–Trinajstić information content (AvgIpc) is 3.18. The van der Waals surface area contributed by atoms with Crippen molar-refractivity contribution < 1.29 is 19.8 Å². The molecule has 37 heavy (non-hydrogen) atoms. The molecule has 0 spiro atoms. The van der Waals surface area contributed by atoms with Gasteiger partial charge in [0.2, 0.25) is 0 Å². The lowest BCUT2D eigenvalue weighted by atomic mass is 10.1. The number of aliphatic carboxylic acids is 2. The normalized spacial score (nSPS) is 17.8. The molecule has 2 aliphatic heterocycles. The van der Waals surface area contributed by atoms with E-state index < -0.39 is 11.9 Å². The van der Waals surface area contributed by atoms with Gasteiger partial charge in [0, 0.05) is 59.9 Å². The summed E-state index contributed by atoms with van der Waals surface area (Å²) < 4.78 is 2.28. The summed E-state index contributed by atoms with van der Waals surface area (Å²) in [5, 5.41) is 25.9. The molecule has 0 saturated carbocycles. The fraction of sp³-hybridized carbons (Fsp3) is 0.308. The highest BCUT2D eigenvalue weighted by molar-refractivity contribution is 7.99. The SMILES string of the molecule is CN1CCN(Cc2nnc3n2-c2ccccc2SC(c2ccccc2Cl)C3)CC1.O=C(O)/C=C/C(=O)O. The molecule has 0 aliphatic carbocycles. The number of hydrogen-bond acceptors (Lipinski definition) is 7. The van der Waals surface area contributed by atoms with Crippen molar-refractivity contribution in [3.63, 3.8) is 0 Å². The number of para-hydroxylation sites is 1. The van der Waals surface area contributed by atoms with Gasteiger partial charge in [-0.2, -0.15) is 0 Å². The Kier molecular flexibility index (Phi) is 8.99. The number of piperazine rings is 1. The Balaban J connectivity index is 0.000000349. The van der Waals surface area contributed by atoms with E-state index >= 15 is 0 Å². The van der Waals surface area contributed by atoms with Crippen molar-refractivity contribution >= 4 is 35.3 Å². The van der Waals surface area contributed by atoms with Crippen LogP contribution in [-0.4, -0.2) is 79.9 Å². The molecule has 2 aliphatic rings. The van der Waals surface area contributed by atoms with E-state index in [4.69, 9.17) is 21.8 Å². The average molecular weight is 542 g/mol. The number of rotatable bonds is 5. The Morgan fingerprint density at radius 3 is 2.32 bits per heavy atom. The summed E-state index contributed by atoms with van der Waals surface area (Å²) in [4.78, 5) is 25.2. The van der Waals surface area contributed by atoms with Crippen LogP contribution in [0.3, 0.4) is 0 Å². The molecule has 1 unspecified atom stereocenters. The van der Waals surface area contributed by atoms with Gasteiger partial charge in [0.25, 0.3) is 0 Å². The van der Waals surface area contributed by atoms with Crippen molar-refractivity contribution in [2.45, 2.75) is 23.1 Å². The smallest absolute Gasteiger partial charge is 0.328 e. The maximum absolute atomic E-state index is 9.55. The van der Waals surface area contributed by atoms with E-state index in [2.05, 4.69) is 68.0 Å². The summed E-state index contributed by atoms with van der Waals surface area (Å²) in [5.41, 5.74) is 2.34. The van der Waals surface area contributed by atoms with Crippen molar-refractivity contribution in [1.29, 1.82) is 0 Å². The van der Waals surface area contributed by atoms with Gasteiger partial charge in [-0.15, -0.1) is 22.0 Å². The summed E-state index contributed by atoms with van der Waals surface area (Å²) in [5.74, 6) is -0.478. The highest BCUT2D eigenvalue weighted by Gasteiger charge is 2.28. The minimum Gasteiger partial charge on any atom is -0.478 e. The molecule has 11 heteroatoms. The third-order valence-electron chi connectivity index (χ3n) is 6.12. The first-order chi connectivity index (χ1) is 17.8. The quantitative estimate of drug-likeness (QED) is 0.466. The van der Waals surface area contributed by atoms with Crippen molar-refractivity contribution in [3.8, 4) is 5.69 Å². The Bertz CT molecular complexity index is 1270. The van der Waals surface area contributed by atoms with Gasteiger partial charge in [-0.05, 0) is 30.8 Å². The Hall–Kier alpha value is -3.18. The van der Waals surface area contributed by atoms with Crippen LogP contribution in [0.25, 0.3) is 5.69 Å². The molecular weight excluding hydrogens is 514 g/mol. The molecule has 0 radical (unpaired) electrons. The number of nitrogens with zero attached hydrogens (tertiary/aromatic N) is 5. The fourth-order valence-corrected chi connectivity index (χ4v) is 5.87. The number of carboxylic acids is 2. The monoisotopic (exact) mass is 541 g/mol. The van der Waals surface area contributed by atoms with Crippen molar-refractivity contribution in [3.05, 3.63) is 82.9 Å². The van der Waals surface area contributed by atoms with Crippen LogP contribution in [0.15, 0.2) is 65.6 Å². The molecule has 3 aromatic rings. The van der Waals surface area contributed by atoms with Crippen LogP contribution >= 0.6 is 23.4 Å². The second kappa shape index (κ2) is 12.4. The van der Waals surface area contributed by atoms with Crippen LogP contribution in [0.1, 0.15) is 22.5 Å². The summed E-state index contributed by atoms with van der Waals surface area (Å²) in [6.07, 6.45) is 1.92. The standard InChI is InChI=1S/C22H24ClN5S.C4H4O4/c1-26-10-12-27(13-11-26)15-22-25-24-21-14-20(16-6-2-3-7-17(16)23)29-19-9-5-4-8-18(19)28(21)22;5-3(6)1-2-4(7)8/h2-9,20H,10-15H2,1H3;1-2H,(H,5,6)(H,7,8)/b;2-1+. The van der Waals surface area contributed by atoms with Gasteiger partial charge >= 0.3 is 11.9 Å². The third-order valence-corrected chi connectivity index (χ3v) is 7.77. The Morgan fingerprint density at radius 2 is 1.65 bits per heavy atom. The highest BCUT2D eigenvalue weighted by Crippen LogP contribution is 2.45. The second-order valence-electron chi connectivity index (χ2n) is 8.76. The van der Waals surface area contributed by atoms with Crippen LogP contribution in [-0.2, 0) is 22.6 Å². The number of carboxylic acid groups (broad SMARTS) is 2. The molecule has 3 heterocycles. The number of thioether (sulfide) groups is 1. The van der Waals surface area contributed by atoms with Crippen LogP contribution in [0.4, 0.5) is 0 Å². The molecule has 5 rings (SSSR count). The maximum atomic E-state index is 9.55. The van der Waals surface area contributed by atoms with E-state index in [-0.39, 0.29) is 5.25 Å². The van der Waals surface area contributed by atoms with E-state index in [1.165, 1.54) is 10.6 Å². The van der Waals surface area contributed by atoms with E-state index in [9.17, 15) is 9.59 Å². The largest absolute Gasteiger partial charge is 0.478 e. The van der Waals surface area contributed by atoms with Crippen molar-refractivity contribution in [2.75, 3.05) is 33.2 Å². The van der Waals surface area contributed by atoms with Gasteiger partial charge < -0.3 is 15.1 Å². The van der Waals surface area contributed by atoms with Crippen LogP contribution in [0.2, 0.25) is 5.02 Å². The summed E-state index contributed by atoms with van der Waals surface area (Å²) in [7, 11) is 2.18. The lowest BCUT2D eigenvalue weighted by Gasteiger charge is -2.32. The van der Waals surface area contributed by atoms with Crippen molar-refractivity contribution in [2.24, 2.45) is 0 Å². The van der Waals surface area contributed by atoms with Gasteiger partial charge in [-0.1, -0.05) is 41.9 Å². The summed E-state index contributed by atoms with van der Waals surface area (Å²) in [6.45, 7) is 5.16. The van der Waals surface area contributed by atoms with E-state index in [1.807, 2.05) is 23.9 Å². The van der Waals surface area contributed by atoms with E-state index in [0.29, 0.717) is 12.2 Å². The maximum Gasteiger partial charge on any atom is 0.328 e. The van der Waals surface area contributed by atoms with Gasteiger partial charge in [0.1, 0.15) is 5.82 Å². The number of hydrogen-bond donors (Lipinski definition) is 2. The van der Waals surface area contributed by atoms with Gasteiger partial charge in [0.05, 0.1) is 12.2 Å². The molecule has 194 valence electrons. The third kappa shape index (κ3) is 6.98. The predicted molar refractivity (Wildman–Crippen MR) is 142 cm³/mol. The first kappa shape index (κ1) is 26.9. The summed E-state index contributed by atoms with van der Waals surface area (Å²) >= 11 is 8.41. The zero-order valence-corrected chi connectivity index (χ0v) is 21.9. The molecule has 9 nitrogen and oxygen atoms in total. The lowest BCUT2D eigenvalue weighted by Crippen LogP contribution is -2.44. The zero-order valence-electron chi connectivity index (χ0n) is 20.3. The number of halogens is 1. The van der Waals surface area contributed by atoms with Crippen LogP contribution in [0.5, 0.6) is 0 Å². The van der Waals surface area contributed by atoms with Crippen LogP contribution < -0.4 is 0 Å². The van der Waals surface area contributed by atoms with E-state index in [0.717, 1.165) is 61.4 Å². The lowest BCUT2D eigenvalue weighted by molar-refractivity contribution is -0.134. The molecule has 1 fully saturated rings. The van der Waals surface area contributed by atoms with Crippen molar-refractivity contribution in [1.82, 2.24) is 24.6 Å². The highest BCUT2D eigenvalue weighted by atomic mass is 35.5. The summed E-state index contributed by atoms with van der Waals surface area (Å²) in [6, 6.07) is 16.7. The van der Waals surface area contributed by atoms with Gasteiger partial charge in [0.15, 0.2) is 5.82 Å². The Labute approximate surface area is 224 Å². The molecule has 1 saturated heterocycles. The molecule has 0 bridgehead atoms. The number of carbonyl (C=O) groups is 2. The predicted octanol–water partition coefficient (Wildman–Crippen LogP) is 3.77. The molecular formula is C26H28ClN5O4S. The molecule has 2 N–H and O–H groups in total. The fourth-order valence-electron chi connectivity index (χ4n) is 4.23. The number of fused-ring (bicyclic) bond motifs is 3. The molecule has 1 aromatic heterocycles. The number of benzene rings is 2. The minimum absolute atomic E-state index is 0.215. The molecule has 2 aromatic carbocycles. The molecule has 0 amide bonds. The molecule has 1 atom stereocenters. The zero-order chi connectivity index (χ0) is 26.4. The second-order valence-corrected chi connectivity index (χ2v) is 10.4. The first-order valence-corrected chi connectivity index (χ1v) is 13.1. The number of aromatic nitrogens is 3. The van der Waals surface area contributed by atoms with Crippen LogP contribution in [0, 0.1) is 0 Å². The van der Waals surface area contributed by atoms with Gasteiger partial charge in [-0.3, -0.25) is 9.47 Å². The van der Waals surface area contributed by atoms with E-state index in [1.54, 1.807) is 0 Å². The number of likely N-dealkylation sites (N-methyl/N-ethyl adjacent to an activating group) is 1. The van der Waals surface area contributed by atoms with Gasteiger partial charge in [-0.25, -0.2) is 9.59 Å². The first-order valence-electron chi connectivity index (χ1n) is 11.8.